The molecule has 0 amide bonds. The maximum atomic E-state index is 11.8. The van der Waals surface area contributed by atoms with Crippen LogP contribution in [0.25, 0.3) is 6.08 Å². The highest BCUT2D eigenvalue weighted by molar-refractivity contribution is 7.88. The van der Waals surface area contributed by atoms with Gasteiger partial charge < -0.3 is 9.30 Å². The molecule has 30 heavy (non-hydrogen) atoms. The van der Waals surface area contributed by atoms with Gasteiger partial charge in [0.05, 0.1) is 19.4 Å². The van der Waals surface area contributed by atoms with Gasteiger partial charge in [0.15, 0.2) is 5.82 Å². The predicted octanol–water partition coefficient (Wildman–Crippen LogP) is 2.10. The number of para-hydroxylation sites is 1. The minimum atomic E-state index is -3.35. The Hall–Kier alpha value is -2.23. The summed E-state index contributed by atoms with van der Waals surface area (Å²) in [7, 11) is -1.67. The lowest BCUT2D eigenvalue weighted by Crippen LogP contribution is -2.33. The van der Waals surface area contributed by atoms with E-state index in [4.69, 9.17) is 4.74 Å². The number of sulfonamides is 1. The number of aromatic nitrogens is 3. The summed E-state index contributed by atoms with van der Waals surface area (Å²) in [5.41, 5.74) is 1.06. The van der Waals surface area contributed by atoms with Gasteiger partial charge in [-0.3, -0.25) is 4.90 Å². The smallest absolute Gasteiger partial charge is 0.209 e. The van der Waals surface area contributed by atoms with Gasteiger partial charge in [0, 0.05) is 38.2 Å². The maximum Gasteiger partial charge on any atom is 0.209 e. The molecule has 0 radical (unpaired) electrons. The van der Waals surface area contributed by atoms with E-state index in [1.54, 1.807) is 7.11 Å². The lowest BCUT2D eigenvalue weighted by atomic mass is 10.1. The number of fused-ring (bicyclic) bond motifs is 1. The van der Waals surface area contributed by atoms with Crippen LogP contribution in [0.2, 0.25) is 0 Å². The molecule has 2 heterocycles. The molecule has 1 aromatic heterocycles. The summed E-state index contributed by atoms with van der Waals surface area (Å²) < 4.78 is 33.8. The van der Waals surface area contributed by atoms with E-state index in [-0.39, 0.29) is 5.92 Å². The van der Waals surface area contributed by atoms with Crippen LogP contribution in [0.5, 0.6) is 5.75 Å². The maximum absolute atomic E-state index is 11.8. The molecule has 0 bridgehead atoms. The van der Waals surface area contributed by atoms with Crippen LogP contribution in [0.15, 0.2) is 30.3 Å². The molecule has 0 saturated carbocycles. The largest absolute Gasteiger partial charge is 0.496 e. The first-order valence-electron chi connectivity index (χ1n) is 10.2. The second-order valence-corrected chi connectivity index (χ2v) is 9.71. The molecule has 0 spiro atoms. The molecule has 1 aliphatic rings. The van der Waals surface area contributed by atoms with E-state index in [2.05, 4.69) is 36.5 Å². The van der Waals surface area contributed by atoms with Gasteiger partial charge in [-0.25, -0.2) is 13.1 Å². The molecule has 0 unspecified atom stereocenters. The Labute approximate surface area is 179 Å². The van der Waals surface area contributed by atoms with E-state index in [0.29, 0.717) is 5.82 Å². The van der Waals surface area contributed by atoms with Gasteiger partial charge in [-0.05, 0) is 12.0 Å². The summed E-state index contributed by atoms with van der Waals surface area (Å²) in [4.78, 5) is 2.36. The van der Waals surface area contributed by atoms with E-state index >= 15 is 0 Å². The van der Waals surface area contributed by atoms with Crippen molar-refractivity contribution in [1.82, 2.24) is 24.4 Å². The second-order valence-electron chi connectivity index (χ2n) is 7.93. The molecule has 1 aliphatic heterocycles. The van der Waals surface area contributed by atoms with Crippen molar-refractivity contribution in [3.8, 4) is 5.75 Å². The zero-order valence-electron chi connectivity index (χ0n) is 18.1. The highest BCUT2D eigenvalue weighted by atomic mass is 32.2. The second kappa shape index (κ2) is 9.72. The van der Waals surface area contributed by atoms with Gasteiger partial charge in [0.2, 0.25) is 10.0 Å². The molecule has 0 saturated heterocycles. The normalized spacial score (nSPS) is 16.6. The van der Waals surface area contributed by atoms with E-state index in [0.717, 1.165) is 49.7 Å². The van der Waals surface area contributed by atoms with Gasteiger partial charge >= 0.3 is 0 Å². The first-order valence-corrected chi connectivity index (χ1v) is 12.1. The number of nitrogens with one attached hydrogen (secondary N) is 1. The number of methoxy groups -OCH3 is 1. The lowest BCUT2D eigenvalue weighted by molar-refractivity contribution is 0.305. The molecule has 1 atom stereocenters. The Morgan fingerprint density at radius 2 is 1.97 bits per heavy atom. The number of nitrogens with zero attached hydrogens (tertiary/aromatic N) is 4. The minimum absolute atomic E-state index is 0.0659. The molecule has 8 nitrogen and oxygen atoms in total. The fourth-order valence-electron chi connectivity index (χ4n) is 3.65. The van der Waals surface area contributed by atoms with Crippen LogP contribution in [0.1, 0.15) is 37.1 Å². The molecular weight excluding hydrogens is 402 g/mol. The van der Waals surface area contributed by atoms with E-state index < -0.39 is 16.1 Å². The molecule has 3 rings (SSSR count). The summed E-state index contributed by atoms with van der Waals surface area (Å²) in [6.07, 6.45) is 6.18. The van der Waals surface area contributed by atoms with Crippen molar-refractivity contribution >= 4 is 16.1 Å². The quantitative estimate of drug-likeness (QED) is 0.686. The molecule has 164 valence electrons. The van der Waals surface area contributed by atoms with Crippen molar-refractivity contribution in [1.29, 1.82) is 0 Å². The summed E-state index contributed by atoms with van der Waals surface area (Å²) in [6, 6.07) is 7.55. The third kappa shape index (κ3) is 5.68. The Kier molecular flexibility index (Phi) is 7.27. The van der Waals surface area contributed by atoms with E-state index in [9.17, 15) is 8.42 Å². The highest BCUT2D eigenvalue weighted by Gasteiger charge is 2.28. The topological polar surface area (TPSA) is 89.3 Å². The van der Waals surface area contributed by atoms with Crippen LogP contribution in [0.3, 0.4) is 0 Å². The SMILES string of the molecule is COc1ccccc1/C=C/CN1CCc2nnc([C@@H](NS(C)(=O)=O)C(C)C)n2CC1. The fraction of sp³-hybridized carbons (Fsp3) is 0.524. The Bertz CT molecular complexity index is 984. The van der Waals surface area contributed by atoms with Gasteiger partial charge in [0.1, 0.15) is 11.6 Å². The average molecular weight is 434 g/mol. The lowest BCUT2D eigenvalue weighted by Gasteiger charge is -2.22. The fourth-order valence-corrected chi connectivity index (χ4v) is 4.49. The Morgan fingerprint density at radius 3 is 2.67 bits per heavy atom. The van der Waals surface area contributed by atoms with Crippen LogP contribution in [0, 0.1) is 5.92 Å². The third-order valence-corrected chi connectivity index (χ3v) is 5.92. The molecular formula is C21H31N5O3S. The van der Waals surface area contributed by atoms with E-state index in [1.165, 1.54) is 6.26 Å². The molecule has 0 aliphatic carbocycles. The van der Waals surface area contributed by atoms with Crippen LogP contribution >= 0.6 is 0 Å². The van der Waals surface area contributed by atoms with Crippen LogP contribution in [0.4, 0.5) is 0 Å². The van der Waals surface area contributed by atoms with Crippen LogP contribution in [-0.2, 0) is 23.0 Å². The highest BCUT2D eigenvalue weighted by Crippen LogP contribution is 2.23. The molecule has 1 aromatic carbocycles. The van der Waals surface area contributed by atoms with Crippen molar-refractivity contribution < 1.29 is 13.2 Å². The number of rotatable bonds is 8. The molecule has 0 fully saturated rings. The average Bonchev–Trinajstić information content (AvgIpc) is 2.98. The molecule has 2 aromatic rings. The summed E-state index contributed by atoms with van der Waals surface area (Å²) in [6.45, 7) is 7.24. The number of benzene rings is 1. The van der Waals surface area contributed by atoms with Crippen LogP contribution in [-0.4, -0.2) is 61.1 Å². The molecule has 1 N–H and O–H groups in total. The number of ether oxygens (including phenoxy) is 1. The Balaban J connectivity index is 1.68. The first-order chi connectivity index (χ1) is 14.3. The predicted molar refractivity (Wildman–Crippen MR) is 118 cm³/mol. The van der Waals surface area contributed by atoms with Gasteiger partial charge in [-0.1, -0.05) is 44.2 Å². The van der Waals surface area contributed by atoms with Gasteiger partial charge in [0.25, 0.3) is 0 Å². The summed E-state index contributed by atoms with van der Waals surface area (Å²) >= 11 is 0. The van der Waals surface area contributed by atoms with Crippen molar-refractivity contribution in [3.63, 3.8) is 0 Å². The monoisotopic (exact) mass is 433 g/mol. The first kappa shape index (κ1) is 22.5. The van der Waals surface area contributed by atoms with Crippen LogP contribution < -0.4 is 9.46 Å². The third-order valence-electron chi connectivity index (χ3n) is 5.23. The van der Waals surface area contributed by atoms with Crippen molar-refractivity contribution in [3.05, 3.63) is 47.6 Å². The molecule has 9 heteroatoms. The minimum Gasteiger partial charge on any atom is -0.496 e. The zero-order valence-corrected chi connectivity index (χ0v) is 18.9. The zero-order chi connectivity index (χ0) is 21.7. The van der Waals surface area contributed by atoms with Crippen molar-refractivity contribution in [2.75, 3.05) is 33.0 Å². The number of hydrogen-bond donors (Lipinski definition) is 1. The van der Waals surface area contributed by atoms with Gasteiger partial charge in [-0.15, -0.1) is 10.2 Å². The Morgan fingerprint density at radius 1 is 1.20 bits per heavy atom. The van der Waals surface area contributed by atoms with Gasteiger partial charge in [-0.2, -0.15) is 0 Å². The summed E-state index contributed by atoms with van der Waals surface area (Å²) in [5, 5.41) is 8.68. The summed E-state index contributed by atoms with van der Waals surface area (Å²) in [5.74, 6) is 2.52. The van der Waals surface area contributed by atoms with E-state index in [1.807, 2.05) is 38.1 Å². The number of hydrogen-bond acceptors (Lipinski definition) is 6. The standard InChI is InChI=1S/C21H31N5O3S/c1-16(2)20(24-30(4,27)28)21-23-22-19-11-13-25(14-15-26(19)21)12-7-9-17-8-5-6-10-18(17)29-3/h5-10,16,20,24H,11-15H2,1-4H3/b9-7+/t20-/m0/s1. The van der Waals surface area contributed by atoms with Crippen molar-refractivity contribution in [2.24, 2.45) is 5.92 Å². The van der Waals surface area contributed by atoms with Crippen molar-refractivity contribution in [2.45, 2.75) is 32.9 Å².